The highest BCUT2D eigenvalue weighted by atomic mass is 32.1. The molecule has 1 saturated carbocycles. The molecular formula is C24H33NOS. The summed E-state index contributed by atoms with van der Waals surface area (Å²) in [5.74, 6) is 1.78. The second kappa shape index (κ2) is 9.45. The fourth-order valence-corrected chi connectivity index (χ4v) is 4.95. The minimum atomic E-state index is 0.723. The second-order valence-electron chi connectivity index (χ2n) is 7.43. The molecule has 3 rings (SSSR count). The Hall–Kier alpha value is -1.74. The third-order valence-corrected chi connectivity index (χ3v) is 6.77. The largest absolute Gasteiger partial charge is 0.467 e. The van der Waals surface area contributed by atoms with Crippen LogP contribution >= 0.6 is 11.3 Å². The Kier molecular flexibility index (Phi) is 7.01. The van der Waals surface area contributed by atoms with Crippen molar-refractivity contribution in [3.63, 3.8) is 0 Å². The Labute approximate surface area is 168 Å². The normalized spacial score (nSPS) is 15.4. The molecule has 0 amide bonds. The van der Waals surface area contributed by atoms with Gasteiger partial charge in [0.15, 0.2) is 0 Å². The number of hydrogen-bond donors (Lipinski definition) is 1. The maximum Gasteiger partial charge on any atom is 0.122 e. The number of hydrogen-bond acceptors (Lipinski definition) is 3. The van der Waals surface area contributed by atoms with E-state index < -0.39 is 0 Å². The molecule has 2 aromatic rings. The van der Waals surface area contributed by atoms with Crippen molar-refractivity contribution in [3.8, 4) is 0 Å². The molecule has 0 aromatic carbocycles. The average molecular weight is 384 g/mol. The number of furan rings is 1. The van der Waals surface area contributed by atoms with E-state index in [0.717, 1.165) is 37.5 Å². The number of allylic oxidation sites excluding steroid dienone is 3. The van der Waals surface area contributed by atoms with Gasteiger partial charge in [-0.15, -0.1) is 11.3 Å². The molecule has 1 fully saturated rings. The summed E-state index contributed by atoms with van der Waals surface area (Å²) in [5.41, 5.74) is 5.79. The number of unbranched alkanes of at least 4 members (excludes halogenated alkanes) is 1. The quantitative estimate of drug-likeness (QED) is 0.434. The molecule has 3 heteroatoms. The van der Waals surface area contributed by atoms with Crippen molar-refractivity contribution in [1.82, 2.24) is 5.32 Å². The van der Waals surface area contributed by atoms with Crippen LogP contribution in [0.5, 0.6) is 0 Å². The van der Waals surface area contributed by atoms with E-state index in [-0.39, 0.29) is 0 Å². The van der Waals surface area contributed by atoms with Crippen LogP contribution in [0.4, 0.5) is 0 Å². The van der Waals surface area contributed by atoms with Gasteiger partial charge in [0.1, 0.15) is 5.76 Å². The van der Waals surface area contributed by atoms with Crippen LogP contribution < -0.4 is 5.32 Å². The summed E-state index contributed by atoms with van der Waals surface area (Å²) in [4.78, 5) is 2.99. The fourth-order valence-electron chi connectivity index (χ4n) is 3.62. The first-order chi connectivity index (χ1) is 13.2. The lowest BCUT2D eigenvalue weighted by atomic mass is 10.0. The van der Waals surface area contributed by atoms with Gasteiger partial charge < -0.3 is 9.73 Å². The maximum atomic E-state index is 5.54. The first-order valence-electron chi connectivity index (χ1n) is 10.5. The standard InChI is InChI=1S/C24H33NOS/c1-5-8-10-18(6-2)15-21(25-16-20-11-9-14-26-20)24-17(4)23(19-12-13-19)22(7-3)27-24/h9-11,14-15,19,25H,5-8,12-13,16H2,1-4H3/b18-10+,21-15+. The van der Waals surface area contributed by atoms with E-state index in [2.05, 4.69) is 45.2 Å². The van der Waals surface area contributed by atoms with Gasteiger partial charge in [-0.2, -0.15) is 0 Å². The van der Waals surface area contributed by atoms with E-state index in [4.69, 9.17) is 4.42 Å². The molecule has 0 atom stereocenters. The van der Waals surface area contributed by atoms with Crippen LogP contribution in [0, 0.1) is 6.92 Å². The molecule has 0 bridgehead atoms. The van der Waals surface area contributed by atoms with Crippen molar-refractivity contribution in [2.24, 2.45) is 0 Å². The first kappa shape index (κ1) is 20.0. The van der Waals surface area contributed by atoms with Gasteiger partial charge >= 0.3 is 0 Å². The Morgan fingerprint density at radius 2 is 2.11 bits per heavy atom. The molecule has 27 heavy (non-hydrogen) atoms. The highest BCUT2D eigenvalue weighted by molar-refractivity contribution is 7.13. The van der Waals surface area contributed by atoms with Gasteiger partial charge in [-0.05, 0) is 74.3 Å². The Balaban J connectivity index is 1.95. The Morgan fingerprint density at radius 1 is 1.30 bits per heavy atom. The van der Waals surface area contributed by atoms with Crippen molar-refractivity contribution < 1.29 is 4.42 Å². The molecule has 0 spiro atoms. The molecule has 2 aromatic heterocycles. The SMILES string of the molecule is CCC/C=C(/C=C(/NCc1ccco1)c1sc(CC)c(C2CC2)c1C)CC. The molecule has 146 valence electrons. The molecule has 0 saturated heterocycles. The maximum absolute atomic E-state index is 5.54. The minimum Gasteiger partial charge on any atom is -0.467 e. The van der Waals surface area contributed by atoms with Crippen molar-refractivity contribution in [3.05, 3.63) is 62.8 Å². The number of nitrogens with one attached hydrogen (secondary N) is 1. The van der Waals surface area contributed by atoms with E-state index in [9.17, 15) is 0 Å². The molecule has 0 radical (unpaired) electrons. The lowest BCUT2D eigenvalue weighted by Crippen LogP contribution is -2.11. The zero-order chi connectivity index (χ0) is 19.2. The third-order valence-electron chi connectivity index (χ3n) is 5.29. The molecule has 1 N–H and O–H groups in total. The van der Waals surface area contributed by atoms with Gasteiger partial charge in [-0.25, -0.2) is 0 Å². The van der Waals surface area contributed by atoms with Crippen LogP contribution in [0.1, 0.15) is 85.4 Å². The summed E-state index contributed by atoms with van der Waals surface area (Å²) in [6.07, 6.45) is 13.8. The van der Waals surface area contributed by atoms with Crippen LogP contribution in [0.15, 0.2) is 40.5 Å². The number of aryl methyl sites for hydroxylation is 1. The molecular weight excluding hydrogens is 350 g/mol. The minimum absolute atomic E-state index is 0.723. The van der Waals surface area contributed by atoms with Crippen molar-refractivity contribution in [2.75, 3.05) is 0 Å². The first-order valence-corrected chi connectivity index (χ1v) is 11.3. The topological polar surface area (TPSA) is 25.2 Å². The average Bonchev–Trinajstić information content (AvgIpc) is 3.26. The molecule has 0 unspecified atom stereocenters. The second-order valence-corrected chi connectivity index (χ2v) is 8.54. The molecule has 0 aliphatic heterocycles. The molecule has 1 aliphatic carbocycles. The monoisotopic (exact) mass is 383 g/mol. The summed E-state index contributed by atoms with van der Waals surface area (Å²) in [6, 6.07) is 3.99. The van der Waals surface area contributed by atoms with Gasteiger partial charge in [0.05, 0.1) is 23.4 Å². The zero-order valence-corrected chi connectivity index (χ0v) is 18.0. The lowest BCUT2D eigenvalue weighted by molar-refractivity contribution is 0.501. The summed E-state index contributed by atoms with van der Waals surface area (Å²) in [5, 5.41) is 3.68. The summed E-state index contributed by atoms with van der Waals surface area (Å²) < 4.78 is 5.54. The van der Waals surface area contributed by atoms with Gasteiger partial charge in [0.2, 0.25) is 0 Å². The van der Waals surface area contributed by atoms with E-state index >= 15 is 0 Å². The van der Waals surface area contributed by atoms with Crippen molar-refractivity contribution in [2.45, 2.75) is 78.7 Å². The van der Waals surface area contributed by atoms with Crippen molar-refractivity contribution >= 4 is 17.0 Å². The van der Waals surface area contributed by atoms with Crippen LogP contribution in [-0.4, -0.2) is 0 Å². The molecule has 2 heterocycles. The predicted octanol–water partition coefficient (Wildman–Crippen LogP) is 7.36. The third kappa shape index (κ3) is 4.95. The summed E-state index contributed by atoms with van der Waals surface area (Å²) >= 11 is 1.99. The van der Waals surface area contributed by atoms with Gasteiger partial charge in [0, 0.05) is 4.88 Å². The van der Waals surface area contributed by atoms with Gasteiger partial charge in [-0.3, -0.25) is 0 Å². The number of rotatable bonds is 10. The molecule has 1 aliphatic rings. The highest BCUT2D eigenvalue weighted by Gasteiger charge is 2.30. The van der Waals surface area contributed by atoms with E-state index in [1.54, 1.807) is 16.7 Å². The van der Waals surface area contributed by atoms with Crippen LogP contribution in [-0.2, 0) is 13.0 Å². The zero-order valence-electron chi connectivity index (χ0n) is 17.2. The van der Waals surface area contributed by atoms with Gasteiger partial charge in [-0.1, -0.05) is 38.8 Å². The van der Waals surface area contributed by atoms with E-state index in [1.807, 2.05) is 23.5 Å². The Bertz CT molecular complexity index is 791. The molecule has 2 nitrogen and oxygen atoms in total. The fraction of sp³-hybridized carbons (Fsp3) is 0.500. The summed E-state index contributed by atoms with van der Waals surface area (Å²) in [7, 11) is 0. The van der Waals surface area contributed by atoms with E-state index in [1.165, 1.54) is 41.0 Å². The van der Waals surface area contributed by atoms with Gasteiger partial charge in [0.25, 0.3) is 0 Å². The Morgan fingerprint density at radius 3 is 2.70 bits per heavy atom. The summed E-state index contributed by atoms with van der Waals surface area (Å²) in [6.45, 7) is 9.82. The number of thiophene rings is 1. The lowest BCUT2D eigenvalue weighted by Gasteiger charge is -2.12. The smallest absolute Gasteiger partial charge is 0.122 e. The van der Waals surface area contributed by atoms with Crippen LogP contribution in [0.2, 0.25) is 0 Å². The predicted molar refractivity (Wildman–Crippen MR) is 117 cm³/mol. The van der Waals surface area contributed by atoms with Crippen LogP contribution in [0.3, 0.4) is 0 Å². The van der Waals surface area contributed by atoms with Crippen molar-refractivity contribution in [1.29, 1.82) is 0 Å². The van der Waals surface area contributed by atoms with Crippen LogP contribution in [0.25, 0.3) is 5.70 Å². The van der Waals surface area contributed by atoms with E-state index in [0.29, 0.717) is 0 Å². The highest BCUT2D eigenvalue weighted by Crippen LogP contribution is 2.48.